The number of unbranched alkanes of at least 4 members (excludes halogenated alkanes) is 1. The minimum absolute atomic E-state index is 0.169. The number of nitrogens with zero attached hydrogens (tertiary/aromatic N) is 5. The second-order valence-corrected chi connectivity index (χ2v) is 12.3. The first-order valence-electron chi connectivity index (χ1n) is 16.5. The Morgan fingerprint density at radius 3 is 2.51 bits per heavy atom. The first kappa shape index (κ1) is 33.4. The number of amides is 2. The van der Waals surface area contributed by atoms with Gasteiger partial charge >= 0.3 is 5.69 Å². The summed E-state index contributed by atoms with van der Waals surface area (Å²) >= 11 is 0. The van der Waals surface area contributed by atoms with Crippen LogP contribution in [0, 0.1) is 0 Å². The maximum absolute atomic E-state index is 13.4. The smallest absolute Gasteiger partial charge is 0.329 e. The van der Waals surface area contributed by atoms with Crippen LogP contribution in [0.1, 0.15) is 59.8 Å². The summed E-state index contributed by atoms with van der Waals surface area (Å²) in [7, 11) is 5.00. The molecule has 49 heavy (non-hydrogen) atoms. The molecule has 1 fully saturated rings. The van der Waals surface area contributed by atoms with Crippen molar-refractivity contribution in [3.63, 3.8) is 0 Å². The van der Waals surface area contributed by atoms with Gasteiger partial charge in [0.15, 0.2) is 17.2 Å². The number of carbonyl (C=O) groups excluding carboxylic acids is 3. The molecule has 4 N–H and O–H groups in total. The number of halogens is 1. The molecule has 6 rings (SSSR count). The number of carbonyl (C=O) groups is 3. The first-order valence-corrected chi connectivity index (χ1v) is 16.5. The number of benzene rings is 2. The van der Waals surface area contributed by atoms with E-state index in [-0.39, 0.29) is 30.1 Å². The molecule has 2 amide bonds. The van der Waals surface area contributed by atoms with Crippen molar-refractivity contribution >= 4 is 52.0 Å². The van der Waals surface area contributed by atoms with Gasteiger partial charge in [-0.15, -0.1) is 5.10 Å². The van der Waals surface area contributed by atoms with Crippen LogP contribution in [0.4, 0.5) is 21.6 Å². The van der Waals surface area contributed by atoms with Crippen molar-refractivity contribution in [1.82, 2.24) is 34.4 Å². The molecule has 3 aromatic heterocycles. The van der Waals surface area contributed by atoms with Gasteiger partial charge in [0, 0.05) is 45.7 Å². The fraction of sp³-hybridized carbons (Fsp3) is 0.371. The van der Waals surface area contributed by atoms with Crippen LogP contribution in [0.15, 0.2) is 59.5 Å². The van der Waals surface area contributed by atoms with Gasteiger partial charge in [0.05, 0.1) is 29.0 Å². The van der Waals surface area contributed by atoms with Gasteiger partial charge in [-0.05, 0) is 55.4 Å². The minimum atomic E-state index is -1.02. The quantitative estimate of drug-likeness (QED) is 0.0968. The molecule has 0 aliphatic heterocycles. The number of rotatable bonds is 15. The topological polar surface area (TPSA) is 156 Å². The van der Waals surface area contributed by atoms with Crippen LogP contribution in [-0.4, -0.2) is 68.1 Å². The number of aryl methyl sites for hydroxylation is 3. The second kappa shape index (κ2) is 14.3. The Hall–Kier alpha value is -5.53. The van der Waals surface area contributed by atoms with Gasteiger partial charge in [-0.3, -0.25) is 18.7 Å². The lowest BCUT2D eigenvalue weighted by Crippen LogP contribution is -2.36. The molecule has 0 bridgehead atoms. The van der Waals surface area contributed by atoms with Crippen LogP contribution in [-0.2, 0) is 29.5 Å². The number of aromatic nitrogens is 5. The zero-order chi connectivity index (χ0) is 34.7. The monoisotopic (exact) mass is 669 g/mol. The van der Waals surface area contributed by atoms with Crippen molar-refractivity contribution in [1.29, 1.82) is 0 Å². The average Bonchev–Trinajstić information content (AvgIpc) is 3.51. The molecule has 0 saturated heterocycles. The lowest BCUT2D eigenvalue weighted by molar-refractivity contribution is -0.124. The molecule has 5 aromatic rings. The van der Waals surface area contributed by atoms with Gasteiger partial charge in [-0.25, -0.2) is 18.7 Å². The SMILES string of the molecule is CNC(=O)C(CCC=O)n1c(=O)n(C)c2c(CCCCc3ccccc3Nc3cc(NC)c4ncc(C(=O)NC5CC5F)n4n3)cccc21. The van der Waals surface area contributed by atoms with Crippen LogP contribution in [0.2, 0.25) is 0 Å². The third kappa shape index (κ3) is 6.76. The lowest BCUT2D eigenvalue weighted by Gasteiger charge is -2.16. The molecule has 0 radical (unpaired) electrons. The highest BCUT2D eigenvalue weighted by Gasteiger charge is 2.39. The summed E-state index contributed by atoms with van der Waals surface area (Å²) in [5, 5.41) is 16.5. The summed E-state index contributed by atoms with van der Waals surface area (Å²) in [6.07, 6.45) is 5.10. The number of alkyl halides is 1. The molecule has 3 atom stereocenters. The van der Waals surface area contributed by atoms with E-state index in [0.717, 1.165) is 54.3 Å². The summed E-state index contributed by atoms with van der Waals surface area (Å²) in [4.78, 5) is 54.4. The third-order valence-electron chi connectivity index (χ3n) is 9.03. The molecule has 1 saturated carbocycles. The van der Waals surface area contributed by atoms with E-state index in [1.165, 1.54) is 22.3 Å². The largest absolute Gasteiger partial charge is 0.385 e. The maximum Gasteiger partial charge on any atom is 0.329 e. The van der Waals surface area contributed by atoms with E-state index in [0.29, 0.717) is 29.1 Å². The number of imidazole rings is 2. The van der Waals surface area contributed by atoms with Gasteiger partial charge in [0.1, 0.15) is 18.5 Å². The van der Waals surface area contributed by atoms with E-state index in [1.807, 2.05) is 42.5 Å². The van der Waals surface area contributed by atoms with Crippen molar-refractivity contribution in [2.24, 2.45) is 7.05 Å². The summed E-state index contributed by atoms with van der Waals surface area (Å²) < 4.78 is 18.0. The molecule has 13 nitrogen and oxygen atoms in total. The number of fused-ring (bicyclic) bond motifs is 2. The number of hydrogen-bond donors (Lipinski definition) is 4. The average molecular weight is 670 g/mol. The minimum Gasteiger partial charge on any atom is -0.385 e. The Morgan fingerprint density at radius 1 is 1.06 bits per heavy atom. The van der Waals surface area contributed by atoms with Gasteiger partial charge in [0.25, 0.3) is 5.91 Å². The van der Waals surface area contributed by atoms with Crippen molar-refractivity contribution in [2.75, 3.05) is 24.7 Å². The van der Waals surface area contributed by atoms with Gasteiger partial charge in [-0.2, -0.15) is 0 Å². The fourth-order valence-electron chi connectivity index (χ4n) is 6.35. The molecule has 14 heteroatoms. The van der Waals surface area contributed by atoms with Crippen LogP contribution in [0.5, 0.6) is 0 Å². The predicted molar refractivity (Wildman–Crippen MR) is 185 cm³/mol. The fourth-order valence-corrected chi connectivity index (χ4v) is 6.35. The number of hydrogen-bond acceptors (Lipinski definition) is 8. The van der Waals surface area contributed by atoms with Crippen molar-refractivity contribution in [2.45, 2.75) is 63.2 Å². The molecule has 0 spiro atoms. The van der Waals surface area contributed by atoms with Crippen LogP contribution in [0.25, 0.3) is 16.7 Å². The molecule has 256 valence electrons. The van der Waals surface area contributed by atoms with E-state index < -0.39 is 24.2 Å². The summed E-state index contributed by atoms with van der Waals surface area (Å²) in [5.74, 6) is -0.236. The van der Waals surface area contributed by atoms with Crippen LogP contribution < -0.4 is 27.0 Å². The van der Waals surface area contributed by atoms with Gasteiger partial charge < -0.3 is 26.1 Å². The second-order valence-electron chi connectivity index (χ2n) is 12.3. The summed E-state index contributed by atoms with van der Waals surface area (Å²) in [6, 6.07) is 14.3. The number of likely N-dealkylation sites (N-methyl/N-ethyl adjacent to an activating group) is 1. The van der Waals surface area contributed by atoms with E-state index in [1.54, 1.807) is 18.7 Å². The molecular weight excluding hydrogens is 629 g/mol. The molecular formula is C35H40FN9O4. The van der Waals surface area contributed by atoms with E-state index in [9.17, 15) is 23.6 Å². The first-order chi connectivity index (χ1) is 23.7. The zero-order valence-corrected chi connectivity index (χ0v) is 27.7. The number of nitrogens with one attached hydrogen (secondary N) is 4. The Kier molecular flexibility index (Phi) is 9.74. The molecule has 1 aliphatic carbocycles. The van der Waals surface area contributed by atoms with E-state index >= 15 is 0 Å². The van der Waals surface area contributed by atoms with Crippen LogP contribution >= 0.6 is 0 Å². The highest BCUT2D eigenvalue weighted by molar-refractivity contribution is 5.94. The van der Waals surface area contributed by atoms with E-state index in [2.05, 4.69) is 37.4 Å². The molecule has 3 unspecified atom stereocenters. The number of anilines is 3. The molecule has 2 aromatic carbocycles. The van der Waals surface area contributed by atoms with Crippen LogP contribution in [0.3, 0.4) is 0 Å². The van der Waals surface area contributed by atoms with Crippen molar-refractivity contribution < 1.29 is 18.8 Å². The normalized spacial score (nSPS) is 16.0. The Labute approximate surface area is 281 Å². The summed E-state index contributed by atoms with van der Waals surface area (Å²) in [5.41, 5.74) is 5.49. The Bertz CT molecular complexity index is 2080. The van der Waals surface area contributed by atoms with E-state index in [4.69, 9.17) is 0 Å². The standard InChI is InChI=1S/C35H40FN9O4/c1-37-26-19-30(42-45-29(20-39-32(26)45)34(48)41-25-18-23(25)36)40-24-14-7-6-11-21(24)10-4-5-12-22-13-8-15-27-31(22)43(3)35(49)44(27)28(16-9-17-46)33(47)38-2/h6-8,11,13-15,17,19-20,23,25,28,37H,4-5,9-10,12,16,18H2,1-3H3,(H,38,47)(H,40,42)(H,41,48). The highest BCUT2D eigenvalue weighted by atomic mass is 19.1. The number of para-hydroxylation sites is 2. The van der Waals surface area contributed by atoms with Crippen molar-refractivity contribution in [3.8, 4) is 0 Å². The lowest BCUT2D eigenvalue weighted by atomic mass is 10.0. The highest BCUT2D eigenvalue weighted by Crippen LogP contribution is 2.28. The van der Waals surface area contributed by atoms with Gasteiger partial charge in [0.2, 0.25) is 5.91 Å². The maximum atomic E-state index is 13.4. The third-order valence-corrected chi connectivity index (χ3v) is 9.03. The number of aldehydes is 1. The Balaban J connectivity index is 1.17. The van der Waals surface area contributed by atoms with Crippen molar-refractivity contribution in [3.05, 3.63) is 82.0 Å². The molecule has 1 aliphatic rings. The Morgan fingerprint density at radius 2 is 1.80 bits per heavy atom. The van der Waals surface area contributed by atoms with Gasteiger partial charge in [-0.1, -0.05) is 30.3 Å². The summed E-state index contributed by atoms with van der Waals surface area (Å²) in [6.45, 7) is 0. The molecule has 3 heterocycles. The zero-order valence-electron chi connectivity index (χ0n) is 27.7. The predicted octanol–water partition coefficient (Wildman–Crippen LogP) is 3.84.